The van der Waals surface area contributed by atoms with Crippen LogP contribution in [0.5, 0.6) is 11.5 Å². The number of hydrogen-bond donors (Lipinski definition) is 0. The topological polar surface area (TPSA) is 71.1 Å². The SMILES string of the molecule is C=CC(=O)OCCCCOc1ccc(-c2ccc(OCCCCOC(C)=O)cc2)cc1. The zero-order chi connectivity index (χ0) is 22.3. The monoisotopic (exact) mass is 426 g/mol. The van der Waals surface area contributed by atoms with Crippen molar-refractivity contribution in [2.24, 2.45) is 0 Å². The number of carbonyl (C=O) groups is 2. The van der Waals surface area contributed by atoms with Crippen LogP contribution >= 0.6 is 0 Å². The van der Waals surface area contributed by atoms with Crippen LogP contribution in [0, 0.1) is 0 Å². The first kappa shape index (κ1) is 24.0. The van der Waals surface area contributed by atoms with Crippen LogP contribution in [-0.2, 0) is 19.1 Å². The van der Waals surface area contributed by atoms with E-state index < -0.39 is 5.97 Å². The van der Waals surface area contributed by atoms with E-state index in [1.54, 1.807) is 0 Å². The second-order valence-corrected chi connectivity index (χ2v) is 6.87. The van der Waals surface area contributed by atoms with Gasteiger partial charge in [0.05, 0.1) is 26.4 Å². The molecule has 0 atom stereocenters. The highest BCUT2D eigenvalue weighted by molar-refractivity contribution is 5.81. The van der Waals surface area contributed by atoms with Crippen LogP contribution in [0.3, 0.4) is 0 Å². The lowest BCUT2D eigenvalue weighted by Gasteiger charge is -2.09. The Kier molecular flexibility index (Phi) is 10.7. The molecule has 0 aliphatic rings. The van der Waals surface area contributed by atoms with E-state index in [0.717, 1.165) is 54.4 Å². The molecule has 166 valence electrons. The molecule has 0 aromatic heterocycles. The maximum absolute atomic E-state index is 10.9. The molecule has 0 N–H and O–H groups in total. The molecule has 0 aliphatic carbocycles. The zero-order valence-electron chi connectivity index (χ0n) is 18.0. The summed E-state index contributed by atoms with van der Waals surface area (Å²) in [4.78, 5) is 21.6. The van der Waals surface area contributed by atoms with Crippen molar-refractivity contribution in [1.82, 2.24) is 0 Å². The number of ether oxygens (including phenoxy) is 4. The summed E-state index contributed by atoms with van der Waals surface area (Å²) in [5.74, 6) is 0.975. The standard InChI is InChI=1S/C25H30O6/c1-3-25(27)31-19-7-6-18-30-24-14-10-22(11-15-24)21-8-12-23(13-9-21)29-17-5-4-16-28-20(2)26/h3,8-15H,1,4-7,16-19H2,2H3. The minimum Gasteiger partial charge on any atom is -0.494 e. The second kappa shape index (κ2) is 13.9. The summed E-state index contributed by atoms with van der Waals surface area (Å²) >= 11 is 0. The predicted molar refractivity (Wildman–Crippen MR) is 119 cm³/mol. The van der Waals surface area contributed by atoms with E-state index in [1.807, 2.05) is 48.5 Å². The Labute approximate surface area is 183 Å². The van der Waals surface area contributed by atoms with Gasteiger partial charge in [0.25, 0.3) is 0 Å². The maximum Gasteiger partial charge on any atom is 0.330 e. The van der Waals surface area contributed by atoms with Gasteiger partial charge in [0.1, 0.15) is 11.5 Å². The molecule has 0 saturated heterocycles. The predicted octanol–water partition coefficient (Wildman–Crippen LogP) is 4.96. The van der Waals surface area contributed by atoms with Crippen molar-refractivity contribution in [3.8, 4) is 22.6 Å². The van der Waals surface area contributed by atoms with Crippen molar-refractivity contribution in [2.45, 2.75) is 32.6 Å². The third-order valence-corrected chi connectivity index (χ3v) is 4.37. The quantitative estimate of drug-likeness (QED) is 0.241. The summed E-state index contributed by atoms with van der Waals surface area (Å²) < 4.78 is 21.3. The van der Waals surface area contributed by atoms with Crippen LogP contribution in [0.2, 0.25) is 0 Å². The highest BCUT2D eigenvalue weighted by Crippen LogP contribution is 2.25. The lowest BCUT2D eigenvalue weighted by molar-refractivity contribution is -0.141. The summed E-state index contributed by atoms with van der Waals surface area (Å²) in [6, 6.07) is 15.9. The molecule has 0 aliphatic heterocycles. The van der Waals surface area contributed by atoms with Gasteiger partial charge < -0.3 is 18.9 Å². The molecule has 0 amide bonds. The third-order valence-electron chi connectivity index (χ3n) is 4.37. The molecule has 0 unspecified atom stereocenters. The number of unbranched alkanes of at least 4 members (excludes halogenated alkanes) is 2. The van der Waals surface area contributed by atoms with Crippen LogP contribution < -0.4 is 9.47 Å². The average Bonchev–Trinajstić information content (AvgIpc) is 2.79. The molecule has 2 aromatic rings. The van der Waals surface area contributed by atoms with Crippen molar-refractivity contribution < 1.29 is 28.5 Å². The molecule has 6 nitrogen and oxygen atoms in total. The van der Waals surface area contributed by atoms with Gasteiger partial charge in [0.15, 0.2) is 0 Å². The average molecular weight is 427 g/mol. The molecule has 0 radical (unpaired) electrons. The summed E-state index contributed by atoms with van der Waals surface area (Å²) in [5.41, 5.74) is 2.19. The maximum atomic E-state index is 10.9. The number of carbonyl (C=O) groups excluding carboxylic acids is 2. The minimum atomic E-state index is -0.396. The van der Waals surface area contributed by atoms with Gasteiger partial charge in [-0.25, -0.2) is 4.79 Å². The van der Waals surface area contributed by atoms with Gasteiger partial charge >= 0.3 is 11.9 Å². The molecule has 0 saturated carbocycles. The number of benzene rings is 2. The van der Waals surface area contributed by atoms with Crippen LogP contribution in [0.15, 0.2) is 61.2 Å². The highest BCUT2D eigenvalue weighted by atomic mass is 16.5. The van der Waals surface area contributed by atoms with Crippen LogP contribution in [0.1, 0.15) is 32.6 Å². The highest BCUT2D eigenvalue weighted by Gasteiger charge is 2.02. The van der Waals surface area contributed by atoms with Gasteiger partial charge in [-0.2, -0.15) is 0 Å². The molecule has 2 aromatic carbocycles. The van der Waals surface area contributed by atoms with Gasteiger partial charge in [-0.3, -0.25) is 4.79 Å². The first-order valence-corrected chi connectivity index (χ1v) is 10.5. The van der Waals surface area contributed by atoms with E-state index in [0.29, 0.717) is 26.4 Å². The third kappa shape index (κ3) is 9.85. The Morgan fingerprint density at radius 3 is 1.55 bits per heavy atom. The number of hydrogen-bond acceptors (Lipinski definition) is 6. The van der Waals surface area contributed by atoms with Crippen LogP contribution in [0.4, 0.5) is 0 Å². The summed E-state index contributed by atoms with van der Waals surface area (Å²) in [6.07, 6.45) is 4.33. The Morgan fingerprint density at radius 1 is 0.710 bits per heavy atom. The number of esters is 2. The van der Waals surface area contributed by atoms with Crippen molar-refractivity contribution in [1.29, 1.82) is 0 Å². The van der Waals surface area contributed by atoms with E-state index >= 15 is 0 Å². The van der Waals surface area contributed by atoms with Crippen molar-refractivity contribution in [3.63, 3.8) is 0 Å². The van der Waals surface area contributed by atoms with E-state index in [-0.39, 0.29) is 5.97 Å². The van der Waals surface area contributed by atoms with Crippen molar-refractivity contribution in [2.75, 3.05) is 26.4 Å². The first-order valence-electron chi connectivity index (χ1n) is 10.5. The summed E-state index contributed by atoms with van der Waals surface area (Å²) in [5, 5.41) is 0. The fourth-order valence-corrected chi connectivity index (χ4v) is 2.72. The molecule has 0 bridgehead atoms. The molecule has 6 heteroatoms. The summed E-state index contributed by atoms with van der Waals surface area (Å²) in [6.45, 7) is 6.73. The Balaban J connectivity index is 1.68. The van der Waals surface area contributed by atoms with Gasteiger partial charge in [-0.1, -0.05) is 30.8 Å². The molecular weight excluding hydrogens is 396 g/mol. The van der Waals surface area contributed by atoms with E-state index in [1.165, 1.54) is 6.92 Å². The molecule has 0 heterocycles. The Morgan fingerprint density at radius 2 is 1.13 bits per heavy atom. The Hall–Kier alpha value is -3.28. The first-order chi connectivity index (χ1) is 15.1. The van der Waals surface area contributed by atoms with Gasteiger partial charge in [0, 0.05) is 13.0 Å². The normalized spacial score (nSPS) is 10.2. The molecular formula is C25H30O6. The van der Waals surface area contributed by atoms with Crippen LogP contribution in [-0.4, -0.2) is 38.4 Å². The van der Waals surface area contributed by atoms with E-state index in [2.05, 4.69) is 6.58 Å². The number of rotatable bonds is 14. The largest absolute Gasteiger partial charge is 0.494 e. The lowest BCUT2D eigenvalue weighted by atomic mass is 10.1. The summed E-state index contributed by atoms with van der Waals surface area (Å²) in [7, 11) is 0. The fraction of sp³-hybridized carbons (Fsp3) is 0.360. The molecule has 31 heavy (non-hydrogen) atoms. The molecule has 2 rings (SSSR count). The fourth-order valence-electron chi connectivity index (χ4n) is 2.72. The van der Waals surface area contributed by atoms with Crippen LogP contribution in [0.25, 0.3) is 11.1 Å². The van der Waals surface area contributed by atoms with E-state index in [9.17, 15) is 9.59 Å². The van der Waals surface area contributed by atoms with Crippen molar-refractivity contribution in [3.05, 3.63) is 61.2 Å². The minimum absolute atomic E-state index is 0.250. The second-order valence-electron chi connectivity index (χ2n) is 6.87. The molecule has 0 fully saturated rings. The van der Waals surface area contributed by atoms with Gasteiger partial charge in [-0.15, -0.1) is 0 Å². The Bertz CT molecular complexity index is 811. The molecule has 0 spiro atoms. The van der Waals surface area contributed by atoms with Crippen molar-refractivity contribution >= 4 is 11.9 Å². The van der Waals surface area contributed by atoms with Gasteiger partial charge in [-0.05, 0) is 61.1 Å². The smallest absolute Gasteiger partial charge is 0.330 e. The zero-order valence-corrected chi connectivity index (χ0v) is 18.0. The van der Waals surface area contributed by atoms with Gasteiger partial charge in [0.2, 0.25) is 0 Å². The lowest BCUT2D eigenvalue weighted by Crippen LogP contribution is -2.04. The van der Waals surface area contributed by atoms with E-state index in [4.69, 9.17) is 18.9 Å².